The van der Waals surface area contributed by atoms with Crippen LogP contribution in [0, 0.1) is 5.41 Å². The Hall–Kier alpha value is -1.07. The SMILES string of the molecule is CC1(C)CN(C(=O)CCCOc2ccccc2Br)CCC1N. The first-order valence-electron chi connectivity index (χ1n) is 7.81. The summed E-state index contributed by atoms with van der Waals surface area (Å²) in [6.45, 7) is 6.33. The molecule has 1 saturated heterocycles. The third-order valence-corrected chi connectivity index (χ3v) is 4.95. The smallest absolute Gasteiger partial charge is 0.222 e. The number of likely N-dealkylation sites (tertiary alicyclic amines) is 1. The molecule has 4 nitrogen and oxygen atoms in total. The van der Waals surface area contributed by atoms with E-state index in [1.165, 1.54) is 0 Å². The van der Waals surface area contributed by atoms with Crippen molar-refractivity contribution in [1.29, 1.82) is 0 Å². The van der Waals surface area contributed by atoms with Crippen LogP contribution in [0.4, 0.5) is 0 Å². The molecule has 0 aliphatic carbocycles. The maximum absolute atomic E-state index is 12.3. The minimum atomic E-state index is -0.000682. The number of nitrogens with two attached hydrogens (primary N) is 1. The van der Waals surface area contributed by atoms with Crippen LogP contribution < -0.4 is 10.5 Å². The molecule has 2 N–H and O–H groups in total. The van der Waals surface area contributed by atoms with Gasteiger partial charge in [-0.15, -0.1) is 0 Å². The molecule has 0 spiro atoms. The summed E-state index contributed by atoms with van der Waals surface area (Å²) in [5, 5.41) is 0. The quantitative estimate of drug-likeness (QED) is 0.811. The van der Waals surface area contributed by atoms with Crippen molar-refractivity contribution in [1.82, 2.24) is 4.90 Å². The van der Waals surface area contributed by atoms with Gasteiger partial charge < -0.3 is 15.4 Å². The van der Waals surface area contributed by atoms with E-state index in [2.05, 4.69) is 29.8 Å². The lowest BCUT2D eigenvalue weighted by atomic mass is 9.79. The van der Waals surface area contributed by atoms with E-state index < -0.39 is 0 Å². The fourth-order valence-electron chi connectivity index (χ4n) is 2.71. The molecular weight excluding hydrogens is 344 g/mol. The Balaban J connectivity index is 1.73. The second-order valence-electron chi connectivity index (χ2n) is 6.58. The fourth-order valence-corrected chi connectivity index (χ4v) is 3.11. The summed E-state index contributed by atoms with van der Waals surface area (Å²) in [6, 6.07) is 7.92. The zero-order valence-corrected chi connectivity index (χ0v) is 14.9. The molecule has 2 rings (SSSR count). The van der Waals surface area contributed by atoms with Gasteiger partial charge in [-0.25, -0.2) is 0 Å². The second-order valence-corrected chi connectivity index (χ2v) is 7.44. The number of rotatable bonds is 5. The fraction of sp³-hybridized carbons (Fsp3) is 0.588. The number of ether oxygens (including phenoxy) is 1. The molecule has 1 aromatic carbocycles. The van der Waals surface area contributed by atoms with Crippen molar-refractivity contribution < 1.29 is 9.53 Å². The summed E-state index contributed by atoms with van der Waals surface area (Å²) in [4.78, 5) is 14.2. The summed E-state index contributed by atoms with van der Waals surface area (Å²) < 4.78 is 6.63. The number of halogens is 1. The highest BCUT2D eigenvalue weighted by atomic mass is 79.9. The monoisotopic (exact) mass is 368 g/mol. The van der Waals surface area contributed by atoms with E-state index in [9.17, 15) is 4.79 Å². The van der Waals surface area contributed by atoms with Gasteiger partial charge in [0.05, 0.1) is 11.1 Å². The third-order valence-electron chi connectivity index (χ3n) is 4.29. The standard InChI is InChI=1S/C17H25BrN2O2/c1-17(2)12-20(10-9-15(17)19)16(21)8-5-11-22-14-7-4-3-6-13(14)18/h3-4,6-7,15H,5,8-12,19H2,1-2H3. The zero-order chi connectivity index (χ0) is 16.2. The molecule has 0 radical (unpaired) electrons. The average Bonchev–Trinajstić information content (AvgIpc) is 2.48. The number of hydrogen-bond acceptors (Lipinski definition) is 3. The zero-order valence-electron chi connectivity index (χ0n) is 13.3. The van der Waals surface area contributed by atoms with Gasteiger partial charge in [0, 0.05) is 25.6 Å². The number of piperidine rings is 1. The Labute approximate surface area is 141 Å². The lowest BCUT2D eigenvalue weighted by molar-refractivity contribution is -0.134. The highest BCUT2D eigenvalue weighted by Gasteiger charge is 2.34. The van der Waals surface area contributed by atoms with Crippen molar-refractivity contribution in [2.45, 2.75) is 39.2 Å². The predicted octanol–water partition coefficient (Wildman–Crippen LogP) is 3.19. The molecule has 0 aromatic heterocycles. The molecule has 1 fully saturated rings. The molecule has 1 heterocycles. The van der Waals surface area contributed by atoms with Gasteiger partial charge in [0.2, 0.25) is 5.91 Å². The van der Waals surface area contributed by atoms with E-state index in [0.29, 0.717) is 13.0 Å². The van der Waals surface area contributed by atoms with Crippen LogP contribution in [0.5, 0.6) is 5.75 Å². The number of hydrogen-bond donors (Lipinski definition) is 1. The van der Waals surface area contributed by atoms with Crippen LogP contribution >= 0.6 is 15.9 Å². The van der Waals surface area contributed by atoms with Gasteiger partial charge in [-0.3, -0.25) is 4.79 Å². The number of carbonyl (C=O) groups excluding carboxylic acids is 1. The van der Waals surface area contributed by atoms with Crippen LogP contribution in [0.15, 0.2) is 28.7 Å². The molecule has 1 aliphatic heterocycles. The maximum atomic E-state index is 12.3. The van der Waals surface area contributed by atoms with Crippen molar-refractivity contribution in [3.05, 3.63) is 28.7 Å². The van der Waals surface area contributed by atoms with Gasteiger partial charge in [0.15, 0.2) is 0 Å². The summed E-state index contributed by atoms with van der Waals surface area (Å²) >= 11 is 3.45. The number of amides is 1. The van der Waals surface area contributed by atoms with Gasteiger partial charge >= 0.3 is 0 Å². The topological polar surface area (TPSA) is 55.6 Å². The first-order valence-corrected chi connectivity index (χ1v) is 8.60. The summed E-state index contributed by atoms with van der Waals surface area (Å²) in [5.74, 6) is 1.02. The third kappa shape index (κ3) is 4.46. The van der Waals surface area contributed by atoms with Crippen LogP contribution in [-0.2, 0) is 4.79 Å². The summed E-state index contributed by atoms with van der Waals surface area (Å²) in [7, 11) is 0. The van der Waals surface area contributed by atoms with Crippen LogP contribution in [-0.4, -0.2) is 36.5 Å². The molecule has 22 heavy (non-hydrogen) atoms. The summed E-state index contributed by atoms with van der Waals surface area (Å²) in [6.07, 6.45) is 2.13. The lowest BCUT2D eigenvalue weighted by Crippen LogP contribution is -2.54. The van der Waals surface area contributed by atoms with Crippen LogP contribution in [0.1, 0.15) is 33.1 Å². The van der Waals surface area contributed by atoms with E-state index in [0.717, 1.165) is 36.2 Å². The first kappa shape index (κ1) is 17.3. The second kappa shape index (κ2) is 7.47. The van der Waals surface area contributed by atoms with Crippen LogP contribution in [0.25, 0.3) is 0 Å². The van der Waals surface area contributed by atoms with E-state index in [4.69, 9.17) is 10.5 Å². The highest BCUT2D eigenvalue weighted by Crippen LogP contribution is 2.28. The summed E-state index contributed by atoms with van der Waals surface area (Å²) in [5.41, 5.74) is 6.11. The normalized spacial score (nSPS) is 20.7. The first-order chi connectivity index (χ1) is 10.4. The van der Waals surface area contributed by atoms with E-state index in [1.54, 1.807) is 0 Å². The molecule has 0 saturated carbocycles. The molecule has 1 aromatic rings. The number of benzene rings is 1. The predicted molar refractivity (Wildman–Crippen MR) is 91.8 cm³/mol. The molecule has 1 aliphatic rings. The average molecular weight is 369 g/mol. The Bertz CT molecular complexity index is 519. The van der Waals surface area contributed by atoms with E-state index in [1.807, 2.05) is 29.2 Å². The Morgan fingerprint density at radius 1 is 1.45 bits per heavy atom. The molecular formula is C17H25BrN2O2. The van der Waals surface area contributed by atoms with Crippen LogP contribution in [0.2, 0.25) is 0 Å². The molecule has 5 heteroatoms. The minimum Gasteiger partial charge on any atom is -0.492 e. The van der Waals surface area contributed by atoms with Gasteiger partial charge in [0.1, 0.15) is 5.75 Å². The van der Waals surface area contributed by atoms with Gasteiger partial charge in [0.25, 0.3) is 0 Å². The number of para-hydroxylation sites is 1. The molecule has 1 amide bonds. The largest absolute Gasteiger partial charge is 0.492 e. The molecule has 1 unspecified atom stereocenters. The van der Waals surface area contributed by atoms with Gasteiger partial charge in [-0.1, -0.05) is 26.0 Å². The van der Waals surface area contributed by atoms with Crippen LogP contribution in [0.3, 0.4) is 0 Å². The van der Waals surface area contributed by atoms with Crippen molar-refractivity contribution in [3.63, 3.8) is 0 Å². The molecule has 0 bridgehead atoms. The molecule has 1 atom stereocenters. The van der Waals surface area contributed by atoms with Gasteiger partial charge in [-0.2, -0.15) is 0 Å². The maximum Gasteiger partial charge on any atom is 0.222 e. The Kier molecular flexibility index (Phi) is 5.87. The van der Waals surface area contributed by atoms with E-state index >= 15 is 0 Å². The number of carbonyl (C=O) groups is 1. The lowest BCUT2D eigenvalue weighted by Gasteiger charge is -2.42. The van der Waals surface area contributed by atoms with Crippen molar-refractivity contribution in [2.75, 3.05) is 19.7 Å². The van der Waals surface area contributed by atoms with Crippen molar-refractivity contribution in [3.8, 4) is 5.75 Å². The van der Waals surface area contributed by atoms with Crippen molar-refractivity contribution >= 4 is 21.8 Å². The van der Waals surface area contributed by atoms with Crippen molar-refractivity contribution in [2.24, 2.45) is 11.1 Å². The Morgan fingerprint density at radius 2 is 2.18 bits per heavy atom. The minimum absolute atomic E-state index is 0.000682. The number of nitrogens with zero attached hydrogens (tertiary/aromatic N) is 1. The van der Waals surface area contributed by atoms with E-state index in [-0.39, 0.29) is 17.4 Å². The molecule has 122 valence electrons. The highest BCUT2D eigenvalue weighted by molar-refractivity contribution is 9.10. The van der Waals surface area contributed by atoms with Gasteiger partial charge in [-0.05, 0) is 46.3 Å². The Morgan fingerprint density at radius 3 is 2.86 bits per heavy atom.